The van der Waals surface area contributed by atoms with Crippen LogP contribution < -0.4 is 15.8 Å². The van der Waals surface area contributed by atoms with Crippen LogP contribution in [-0.2, 0) is 6.54 Å². The first-order chi connectivity index (χ1) is 10.2. The van der Waals surface area contributed by atoms with E-state index in [1.807, 2.05) is 18.2 Å². The van der Waals surface area contributed by atoms with Gasteiger partial charge in [-0.15, -0.1) is 11.3 Å². The molecule has 108 valence electrons. The number of hydrogen-bond acceptors (Lipinski definition) is 5. The standard InChI is InChI=1S/C15H14N2O3S/c1-19-10-3-2-4-11-12(10)13(16)14(21-11)15(18)17-7-9-5-6-20-8-9/h2-6,8H,7,16H2,1H3,(H,17,18). The third-order valence-corrected chi connectivity index (χ3v) is 4.34. The molecule has 3 N–H and O–H groups in total. The summed E-state index contributed by atoms with van der Waals surface area (Å²) in [6.45, 7) is 0.403. The minimum absolute atomic E-state index is 0.197. The number of ether oxygens (including phenoxy) is 1. The van der Waals surface area contributed by atoms with E-state index in [-0.39, 0.29) is 5.91 Å². The Balaban J connectivity index is 1.89. The summed E-state index contributed by atoms with van der Waals surface area (Å²) in [6, 6.07) is 7.44. The van der Waals surface area contributed by atoms with E-state index in [1.165, 1.54) is 11.3 Å². The maximum Gasteiger partial charge on any atom is 0.263 e. The van der Waals surface area contributed by atoms with Gasteiger partial charge in [0.15, 0.2) is 0 Å². The molecule has 2 aromatic heterocycles. The molecular weight excluding hydrogens is 288 g/mol. The van der Waals surface area contributed by atoms with E-state index in [2.05, 4.69) is 5.32 Å². The Morgan fingerprint density at radius 1 is 1.43 bits per heavy atom. The Bertz CT molecular complexity index is 778. The number of benzene rings is 1. The van der Waals surface area contributed by atoms with E-state index in [4.69, 9.17) is 14.9 Å². The molecule has 0 saturated heterocycles. The SMILES string of the molecule is COc1cccc2sc(C(=O)NCc3ccoc3)c(N)c12. The molecule has 0 fully saturated rings. The smallest absolute Gasteiger partial charge is 0.263 e. The summed E-state index contributed by atoms with van der Waals surface area (Å²) in [5, 5.41) is 3.62. The second-order valence-electron chi connectivity index (χ2n) is 4.49. The van der Waals surface area contributed by atoms with Crippen molar-refractivity contribution in [3.8, 4) is 5.75 Å². The van der Waals surface area contributed by atoms with Crippen molar-refractivity contribution in [3.63, 3.8) is 0 Å². The summed E-state index contributed by atoms with van der Waals surface area (Å²) in [4.78, 5) is 12.8. The first kappa shape index (κ1) is 13.5. The number of nitrogen functional groups attached to an aromatic ring is 1. The van der Waals surface area contributed by atoms with Crippen molar-refractivity contribution >= 4 is 33.0 Å². The predicted octanol–water partition coefficient (Wildman–Crippen LogP) is 3.02. The quantitative estimate of drug-likeness (QED) is 0.776. The van der Waals surface area contributed by atoms with Crippen molar-refractivity contribution in [3.05, 3.63) is 47.2 Å². The van der Waals surface area contributed by atoms with Gasteiger partial charge in [0, 0.05) is 16.8 Å². The Hall–Kier alpha value is -2.47. The molecule has 6 heteroatoms. The maximum atomic E-state index is 12.3. The Labute approximate surface area is 125 Å². The molecule has 1 aromatic carbocycles. The molecule has 3 aromatic rings. The Kier molecular flexibility index (Phi) is 3.53. The Morgan fingerprint density at radius 2 is 2.29 bits per heavy atom. The zero-order chi connectivity index (χ0) is 14.8. The van der Waals surface area contributed by atoms with Gasteiger partial charge in [-0.05, 0) is 18.2 Å². The summed E-state index contributed by atoms with van der Waals surface area (Å²) in [6.07, 6.45) is 3.16. The zero-order valence-electron chi connectivity index (χ0n) is 11.4. The van der Waals surface area contributed by atoms with Crippen LogP contribution in [0.1, 0.15) is 15.2 Å². The van der Waals surface area contributed by atoms with E-state index < -0.39 is 0 Å². The van der Waals surface area contributed by atoms with Crippen molar-refractivity contribution in [2.75, 3.05) is 12.8 Å². The van der Waals surface area contributed by atoms with Crippen LogP contribution in [-0.4, -0.2) is 13.0 Å². The molecule has 0 unspecified atom stereocenters. The largest absolute Gasteiger partial charge is 0.496 e. The van der Waals surface area contributed by atoms with Crippen LogP contribution in [0, 0.1) is 0 Å². The number of methoxy groups -OCH3 is 1. The lowest BCUT2D eigenvalue weighted by atomic mass is 10.2. The molecule has 0 radical (unpaired) electrons. The van der Waals surface area contributed by atoms with E-state index >= 15 is 0 Å². The molecule has 3 rings (SSSR count). The second-order valence-corrected chi connectivity index (χ2v) is 5.54. The number of fused-ring (bicyclic) bond motifs is 1. The van der Waals surface area contributed by atoms with Gasteiger partial charge in [0.1, 0.15) is 10.6 Å². The molecule has 1 amide bonds. The highest BCUT2D eigenvalue weighted by Crippen LogP contribution is 2.39. The summed E-state index contributed by atoms with van der Waals surface area (Å²) in [5.74, 6) is 0.479. The number of amides is 1. The van der Waals surface area contributed by atoms with Crippen LogP contribution >= 0.6 is 11.3 Å². The molecular formula is C15H14N2O3S. The van der Waals surface area contributed by atoms with E-state index in [0.29, 0.717) is 22.9 Å². The summed E-state index contributed by atoms with van der Waals surface area (Å²) >= 11 is 1.36. The fraction of sp³-hybridized carbons (Fsp3) is 0.133. The lowest BCUT2D eigenvalue weighted by Gasteiger charge is -2.04. The summed E-state index contributed by atoms with van der Waals surface area (Å²) in [7, 11) is 1.59. The van der Waals surface area contributed by atoms with Gasteiger partial charge >= 0.3 is 0 Å². The highest BCUT2D eigenvalue weighted by molar-refractivity contribution is 7.21. The summed E-state index contributed by atoms with van der Waals surface area (Å²) in [5.41, 5.74) is 7.48. The summed E-state index contributed by atoms with van der Waals surface area (Å²) < 4.78 is 11.2. The lowest BCUT2D eigenvalue weighted by molar-refractivity contribution is 0.0956. The van der Waals surface area contributed by atoms with Crippen LogP contribution in [0.4, 0.5) is 5.69 Å². The van der Waals surface area contributed by atoms with E-state index in [9.17, 15) is 4.79 Å². The fourth-order valence-corrected chi connectivity index (χ4v) is 3.19. The average Bonchev–Trinajstić information content (AvgIpc) is 3.13. The van der Waals surface area contributed by atoms with Crippen molar-refractivity contribution < 1.29 is 13.9 Å². The van der Waals surface area contributed by atoms with Crippen molar-refractivity contribution in [2.24, 2.45) is 0 Å². The molecule has 0 aliphatic rings. The molecule has 0 spiro atoms. The molecule has 5 nitrogen and oxygen atoms in total. The van der Waals surface area contributed by atoms with Crippen molar-refractivity contribution in [2.45, 2.75) is 6.54 Å². The first-order valence-corrected chi connectivity index (χ1v) is 7.16. The average molecular weight is 302 g/mol. The second kappa shape index (κ2) is 5.49. The minimum Gasteiger partial charge on any atom is -0.496 e. The number of thiophene rings is 1. The molecule has 2 heterocycles. The number of carbonyl (C=O) groups excluding carboxylic acids is 1. The van der Waals surface area contributed by atoms with Crippen LogP contribution in [0.2, 0.25) is 0 Å². The van der Waals surface area contributed by atoms with Gasteiger partial charge < -0.3 is 20.2 Å². The van der Waals surface area contributed by atoms with Gasteiger partial charge in [0.25, 0.3) is 5.91 Å². The zero-order valence-corrected chi connectivity index (χ0v) is 12.2. The maximum absolute atomic E-state index is 12.3. The van der Waals surface area contributed by atoms with Crippen LogP contribution in [0.5, 0.6) is 5.75 Å². The molecule has 0 saturated carbocycles. The highest BCUT2D eigenvalue weighted by atomic mass is 32.1. The highest BCUT2D eigenvalue weighted by Gasteiger charge is 2.18. The number of nitrogens with two attached hydrogens (primary N) is 1. The Morgan fingerprint density at radius 3 is 3.00 bits per heavy atom. The first-order valence-electron chi connectivity index (χ1n) is 6.35. The monoisotopic (exact) mass is 302 g/mol. The fourth-order valence-electron chi connectivity index (χ4n) is 2.13. The van der Waals surface area contributed by atoms with Gasteiger partial charge in [-0.2, -0.15) is 0 Å². The third kappa shape index (κ3) is 2.45. The molecule has 0 atom stereocenters. The van der Waals surface area contributed by atoms with Crippen LogP contribution in [0.25, 0.3) is 10.1 Å². The van der Waals surface area contributed by atoms with Crippen molar-refractivity contribution in [1.29, 1.82) is 0 Å². The number of furan rings is 1. The van der Waals surface area contributed by atoms with E-state index in [0.717, 1.165) is 15.6 Å². The molecule has 21 heavy (non-hydrogen) atoms. The van der Waals surface area contributed by atoms with Crippen molar-refractivity contribution in [1.82, 2.24) is 5.32 Å². The molecule has 0 aliphatic heterocycles. The normalized spacial score (nSPS) is 10.7. The lowest BCUT2D eigenvalue weighted by Crippen LogP contribution is -2.22. The molecule has 0 bridgehead atoms. The van der Waals surface area contributed by atoms with Gasteiger partial charge in [0.05, 0.1) is 30.7 Å². The van der Waals surface area contributed by atoms with Crippen LogP contribution in [0.15, 0.2) is 41.2 Å². The van der Waals surface area contributed by atoms with Gasteiger partial charge in [-0.25, -0.2) is 0 Å². The number of carbonyl (C=O) groups is 1. The number of hydrogen-bond donors (Lipinski definition) is 2. The minimum atomic E-state index is -0.197. The number of rotatable bonds is 4. The predicted molar refractivity (Wildman–Crippen MR) is 82.7 cm³/mol. The third-order valence-electron chi connectivity index (χ3n) is 3.17. The topological polar surface area (TPSA) is 77.5 Å². The van der Waals surface area contributed by atoms with Gasteiger partial charge in [-0.1, -0.05) is 6.07 Å². The molecule has 0 aliphatic carbocycles. The van der Waals surface area contributed by atoms with Crippen LogP contribution in [0.3, 0.4) is 0 Å². The van der Waals surface area contributed by atoms with E-state index in [1.54, 1.807) is 25.7 Å². The number of anilines is 1. The van der Waals surface area contributed by atoms with Gasteiger partial charge in [-0.3, -0.25) is 4.79 Å². The number of nitrogens with one attached hydrogen (secondary N) is 1. The van der Waals surface area contributed by atoms with Gasteiger partial charge in [0.2, 0.25) is 0 Å².